The smallest absolute Gasteiger partial charge is 0.317 e. The number of likely N-dealkylation sites (tertiary alicyclic amines) is 1. The topological polar surface area (TPSA) is 60.0 Å². The van der Waals surface area contributed by atoms with Gasteiger partial charge < -0.3 is 24.4 Å². The second kappa shape index (κ2) is 7.14. The summed E-state index contributed by atoms with van der Waals surface area (Å²) in [6.45, 7) is 3.22. The van der Waals surface area contributed by atoms with Crippen LogP contribution < -0.4 is 10.1 Å². The van der Waals surface area contributed by atoms with E-state index in [9.17, 15) is 9.18 Å². The molecule has 2 heterocycles. The van der Waals surface area contributed by atoms with Crippen LogP contribution in [0.3, 0.4) is 0 Å². The zero-order valence-corrected chi connectivity index (χ0v) is 12.9. The van der Waals surface area contributed by atoms with Gasteiger partial charge in [-0.1, -0.05) is 0 Å². The van der Waals surface area contributed by atoms with Crippen molar-refractivity contribution >= 4 is 6.03 Å². The molecule has 7 heteroatoms. The van der Waals surface area contributed by atoms with Gasteiger partial charge in [-0.25, -0.2) is 9.18 Å². The number of amides is 2. The SMILES string of the molecule is O=C(NCCOc1ccc(F)cc1)N1CCC2(CC1)OCCO2. The lowest BCUT2D eigenvalue weighted by atomic mass is 10.0. The number of piperidine rings is 1. The summed E-state index contributed by atoms with van der Waals surface area (Å²) in [6, 6.07) is 5.68. The van der Waals surface area contributed by atoms with Crippen LogP contribution in [0.2, 0.25) is 0 Å². The van der Waals surface area contributed by atoms with Crippen LogP contribution >= 0.6 is 0 Å². The van der Waals surface area contributed by atoms with Crippen LogP contribution in [0.4, 0.5) is 9.18 Å². The molecule has 0 unspecified atom stereocenters. The maximum atomic E-state index is 12.8. The number of hydrogen-bond donors (Lipinski definition) is 1. The van der Waals surface area contributed by atoms with Crippen LogP contribution in [0.5, 0.6) is 5.75 Å². The van der Waals surface area contributed by atoms with E-state index in [1.165, 1.54) is 12.1 Å². The molecule has 1 aromatic carbocycles. The average Bonchev–Trinajstić information content (AvgIpc) is 3.02. The van der Waals surface area contributed by atoms with E-state index in [1.807, 2.05) is 0 Å². The van der Waals surface area contributed by atoms with Gasteiger partial charge in [-0.05, 0) is 24.3 Å². The Balaban J connectivity index is 1.34. The van der Waals surface area contributed by atoms with E-state index in [-0.39, 0.29) is 11.8 Å². The van der Waals surface area contributed by atoms with E-state index in [0.717, 1.165) is 0 Å². The van der Waals surface area contributed by atoms with Crippen LogP contribution in [-0.2, 0) is 9.47 Å². The van der Waals surface area contributed by atoms with Crippen molar-refractivity contribution in [3.63, 3.8) is 0 Å². The van der Waals surface area contributed by atoms with Gasteiger partial charge in [0.25, 0.3) is 0 Å². The highest BCUT2D eigenvalue weighted by Crippen LogP contribution is 2.31. The molecule has 1 N–H and O–H groups in total. The molecule has 1 aromatic rings. The first-order valence-corrected chi connectivity index (χ1v) is 7.86. The summed E-state index contributed by atoms with van der Waals surface area (Å²) in [4.78, 5) is 13.8. The molecule has 0 aliphatic carbocycles. The second-order valence-electron chi connectivity index (χ2n) is 5.63. The molecule has 0 aromatic heterocycles. The summed E-state index contributed by atoms with van der Waals surface area (Å²) in [5.74, 6) is -0.192. The molecule has 6 nitrogen and oxygen atoms in total. The van der Waals surface area contributed by atoms with E-state index in [0.29, 0.717) is 58.0 Å². The van der Waals surface area contributed by atoms with Crippen LogP contribution in [-0.4, -0.2) is 56.2 Å². The van der Waals surface area contributed by atoms with Crippen molar-refractivity contribution in [2.75, 3.05) is 39.5 Å². The Morgan fingerprint density at radius 2 is 1.87 bits per heavy atom. The first-order valence-electron chi connectivity index (χ1n) is 7.86. The number of nitrogens with one attached hydrogen (secondary N) is 1. The summed E-state index contributed by atoms with van der Waals surface area (Å²) in [7, 11) is 0. The third-order valence-corrected chi connectivity index (χ3v) is 4.09. The normalized spacial score (nSPS) is 19.8. The summed E-state index contributed by atoms with van der Waals surface area (Å²) in [5.41, 5.74) is 0. The number of carbonyl (C=O) groups is 1. The molecule has 2 amide bonds. The standard InChI is InChI=1S/C16H21FN2O4/c17-13-1-3-14(4-2-13)21-10-7-18-15(20)19-8-5-16(6-9-19)22-11-12-23-16/h1-4H,5-12H2,(H,18,20). The second-order valence-corrected chi connectivity index (χ2v) is 5.63. The number of benzene rings is 1. The largest absolute Gasteiger partial charge is 0.492 e. The molecule has 2 aliphatic heterocycles. The van der Waals surface area contributed by atoms with Crippen molar-refractivity contribution in [1.82, 2.24) is 10.2 Å². The molecule has 0 radical (unpaired) electrons. The predicted molar refractivity (Wildman–Crippen MR) is 80.7 cm³/mol. The molecule has 126 valence electrons. The predicted octanol–water partition coefficient (Wildman–Crippen LogP) is 1.75. The lowest BCUT2D eigenvalue weighted by molar-refractivity contribution is -0.181. The molecule has 2 fully saturated rings. The van der Waals surface area contributed by atoms with Crippen molar-refractivity contribution < 1.29 is 23.4 Å². The van der Waals surface area contributed by atoms with Gasteiger partial charge in [-0.15, -0.1) is 0 Å². The highest BCUT2D eigenvalue weighted by atomic mass is 19.1. The number of hydrogen-bond acceptors (Lipinski definition) is 4. The Morgan fingerprint density at radius 1 is 1.22 bits per heavy atom. The first kappa shape index (κ1) is 16.0. The molecule has 0 atom stereocenters. The maximum Gasteiger partial charge on any atom is 0.317 e. The summed E-state index contributed by atoms with van der Waals surface area (Å²) in [5, 5.41) is 2.82. The quantitative estimate of drug-likeness (QED) is 0.857. The fourth-order valence-electron chi connectivity index (χ4n) is 2.81. The molecule has 0 bridgehead atoms. The highest BCUT2D eigenvalue weighted by Gasteiger charge is 2.40. The third kappa shape index (κ3) is 4.11. The number of halogens is 1. The van der Waals surface area contributed by atoms with Gasteiger partial charge in [0.15, 0.2) is 5.79 Å². The Kier molecular flexibility index (Phi) is 4.97. The Bertz CT molecular complexity index is 521. The van der Waals surface area contributed by atoms with Crippen molar-refractivity contribution in [3.05, 3.63) is 30.1 Å². The number of ether oxygens (including phenoxy) is 3. The minimum absolute atomic E-state index is 0.111. The Hall–Kier alpha value is -1.86. The minimum atomic E-state index is -0.470. The highest BCUT2D eigenvalue weighted by molar-refractivity contribution is 5.74. The van der Waals surface area contributed by atoms with Gasteiger partial charge in [-0.2, -0.15) is 0 Å². The van der Waals surface area contributed by atoms with E-state index in [4.69, 9.17) is 14.2 Å². The van der Waals surface area contributed by atoms with Gasteiger partial charge in [0.1, 0.15) is 18.2 Å². The van der Waals surface area contributed by atoms with Gasteiger partial charge >= 0.3 is 6.03 Å². The summed E-state index contributed by atoms with van der Waals surface area (Å²) < 4.78 is 29.5. The van der Waals surface area contributed by atoms with Crippen molar-refractivity contribution in [2.45, 2.75) is 18.6 Å². The zero-order valence-electron chi connectivity index (χ0n) is 12.9. The molecule has 23 heavy (non-hydrogen) atoms. The number of carbonyl (C=O) groups excluding carboxylic acids is 1. The zero-order chi connectivity index (χ0) is 16.1. The van der Waals surface area contributed by atoms with Crippen molar-refractivity contribution in [3.8, 4) is 5.75 Å². The van der Waals surface area contributed by atoms with Crippen LogP contribution in [0.1, 0.15) is 12.8 Å². The molecule has 2 aliphatic rings. The number of urea groups is 1. The van der Waals surface area contributed by atoms with Gasteiger partial charge in [0.2, 0.25) is 0 Å². The Labute approximate surface area is 134 Å². The number of rotatable bonds is 4. The summed E-state index contributed by atoms with van der Waals surface area (Å²) >= 11 is 0. The van der Waals surface area contributed by atoms with Gasteiger partial charge in [0, 0.05) is 25.9 Å². The molecular weight excluding hydrogens is 303 g/mol. The van der Waals surface area contributed by atoms with Crippen LogP contribution in [0.15, 0.2) is 24.3 Å². The maximum absolute atomic E-state index is 12.8. The molecular formula is C16H21FN2O4. The molecule has 3 rings (SSSR count). The van der Waals surface area contributed by atoms with E-state index in [2.05, 4.69) is 5.32 Å². The average molecular weight is 324 g/mol. The van der Waals surface area contributed by atoms with Gasteiger partial charge in [-0.3, -0.25) is 0 Å². The summed E-state index contributed by atoms with van der Waals surface area (Å²) in [6.07, 6.45) is 1.40. The van der Waals surface area contributed by atoms with E-state index < -0.39 is 5.79 Å². The molecule has 0 saturated carbocycles. The molecule has 1 spiro atoms. The fourth-order valence-corrected chi connectivity index (χ4v) is 2.81. The van der Waals surface area contributed by atoms with Gasteiger partial charge in [0.05, 0.1) is 19.8 Å². The van der Waals surface area contributed by atoms with Crippen molar-refractivity contribution in [1.29, 1.82) is 0 Å². The van der Waals surface area contributed by atoms with Crippen molar-refractivity contribution in [2.24, 2.45) is 0 Å². The molecule has 2 saturated heterocycles. The van der Waals surface area contributed by atoms with E-state index >= 15 is 0 Å². The lowest BCUT2D eigenvalue weighted by Crippen LogP contribution is -2.50. The number of nitrogens with zero attached hydrogens (tertiary/aromatic N) is 1. The minimum Gasteiger partial charge on any atom is -0.492 e. The monoisotopic (exact) mass is 324 g/mol. The first-order chi connectivity index (χ1) is 11.2. The van der Waals surface area contributed by atoms with Crippen LogP contribution in [0, 0.1) is 5.82 Å². The lowest BCUT2D eigenvalue weighted by Gasteiger charge is -2.37. The Morgan fingerprint density at radius 3 is 2.52 bits per heavy atom. The fraction of sp³-hybridized carbons (Fsp3) is 0.562. The van der Waals surface area contributed by atoms with E-state index in [1.54, 1.807) is 17.0 Å². The third-order valence-electron chi connectivity index (χ3n) is 4.09. The van der Waals surface area contributed by atoms with Crippen LogP contribution in [0.25, 0.3) is 0 Å².